The highest BCUT2D eigenvalue weighted by molar-refractivity contribution is 6.31. The van der Waals surface area contributed by atoms with Gasteiger partial charge in [0, 0.05) is 5.88 Å². The number of hydrogen-bond donors (Lipinski definition) is 0. The lowest BCUT2D eigenvalue weighted by molar-refractivity contribution is 0.522. The molecule has 1 unspecified atom stereocenters. The number of halogens is 3. The van der Waals surface area contributed by atoms with Gasteiger partial charge >= 0.3 is 0 Å². The van der Waals surface area contributed by atoms with Gasteiger partial charge in [-0.2, -0.15) is 0 Å². The van der Waals surface area contributed by atoms with Crippen LogP contribution in [0, 0.1) is 5.92 Å². The summed E-state index contributed by atoms with van der Waals surface area (Å²) in [6.45, 7) is 2.13. The Kier molecular flexibility index (Phi) is 5.65. The van der Waals surface area contributed by atoms with Crippen molar-refractivity contribution in [1.29, 1.82) is 0 Å². The predicted molar refractivity (Wildman–Crippen MR) is 64.9 cm³/mol. The first kappa shape index (κ1) is 13.0. The first-order valence-corrected chi connectivity index (χ1v) is 6.20. The van der Waals surface area contributed by atoms with E-state index < -0.39 is 0 Å². The second-order valence-electron chi connectivity index (χ2n) is 3.45. The smallest absolute Gasteiger partial charge is 0.137 e. The van der Waals surface area contributed by atoms with Crippen LogP contribution in [0.2, 0.25) is 10.3 Å². The molecule has 15 heavy (non-hydrogen) atoms. The van der Waals surface area contributed by atoms with Crippen LogP contribution in [0.5, 0.6) is 0 Å². The Morgan fingerprint density at radius 2 is 2.07 bits per heavy atom. The highest BCUT2D eigenvalue weighted by Gasteiger charge is 2.08. The Labute approximate surface area is 105 Å². The molecule has 0 radical (unpaired) electrons. The van der Waals surface area contributed by atoms with E-state index in [0.29, 0.717) is 22.1 Å². The predicted octanol–water partition coefficient (Wildman–Crippen LogP) is 3.98. The first-order chi connectivity index (χ1) is 7.17. The van der Waals surface area contributed by atoms with E-state index in [1.165, 1.54) is 0 Å². The zero-order valence-electron chi connectivity index (χ0n) is 8.51. The third-order valence-corrected chi connectivity index (χ3v) is 3.35. The van der Waals surface area contributed by atoms with Crippen molar-refractivity contribution in [2.75, 3.05) is 5.88 Å². The molecular weight excluding hydrogens is 254 g/mol. The van der Waals surface area contributed by atoms with E-state index in [4.69, 9.17) is 34.8 Å². The Balaban J connectivity index is 2.60. The number of aromatic nitrogens is 2. The molecule has 1 rings (SSSR count). The third-order valence-electron chi connectivity index (χ3n) is 2.41. The lowest BCUT2D eigenvalue weighted by Gasteiger charge is -2.10. The van der Waals surface area contributed by atoms with E-state index in [2.05, 4.69) is 17.1 Å². The van der Waals surface area contributed by atoms with Gasteiger partial charge in [0.15, 0.2) is 10.3 Å². The van der Waals surface area contributed by atoms with E-state index in [1.54, 1.807) is 6.07 Å². The van der Waals surface area contributed by atoms with Crippen LogP contribution in [0.4, 0.5) is 0 Å². The van der Waals surface area contributed by atoms with Crippen molar-refractivity contribution in [2.45, 2.75) is 26.2 Å². The van der Waals surface area contributed by atoms with Gasteiger partial charge in [-0.15, -0.1) is 21.8 Å². The number of rotatable bonds is 5. The molecule has 5 heteroatoms. The fraction of sp³-hybridized carbons (Fsp3) is 0.600. The molecule has 84 valence electrons. The zero-order valence-corrected chi connectivity index (χ0v) is 10.8. The van der Waals surface area contributed by atoms with E-state index in [9.17, 15) is 0 Å². The second-order valence-corrected chi connectivity index (χ2v) is 4.50. The van der Waals surface area contributed by atoms with E-state index in [1.807, 2.05) is 0 Å². The molecular formula is C10H13Cl3N2. The van der Waals surface area contributed by atoms with Gasteiger partial charge in [0.25, 0.3) is 0 Å². The maximum atomic E-state index is 5.90. The van der Waals surface area contributed by atoms with Crippen LogP contribution in [0.3, 0.4) is 0 Å². The van der Waals surface area contributed by atoms with Gasteiger partial charge in [-0.25, -0.2) is 0 Å². The molecule has 0 spiro atoms. The highest BCUT2D eigenvalue weighted by Crippen LogP contribution is 2.20. The van der Waals surface area contributed by atoms with Crippen molar-refractivity contribution >= 4 is 34.8 Å². The number of nitrogens with zero attached hydrogens (tertiary/aromatic N) is 2. The molecule has 1 atom stereocenters. The summed E-state index contributed by atoms with van der Waals surface area (Å²) < 4.78 is 0. The van der Waals surface area contributed by atoms with Crippen LogP contribution in [-0.4, -0.2) is 16.1 Å². The van der Waals surface area contributed by atoms with E-state index >= 15 is 0 Å². The summed E-state index contributed by atoms with van der Waals surface area (Å²) >= 11 is 17.5. The third kappa shape index (κ3) is 4.13. The van der Waals surface area contributed by atoms with E-state index in [-0.39, 0.29) is 0 Å². The molecule has 1 aromatic heterocycles. The quantitative estimate of drug-likeness (QED) is 0.754. The fourth-order valence-corrected chi connectivity index (χ4v) is 2.04. The second kappa shape index (κ2) is 6.51. The van der Waals surface area contributed by atoms with Crippen LogP contribution in [-0.2, 0) is 6.42 Å². The molecule has 0 bridgehead atoms. The van der Waals surface area contributed by atoms with Crippen molar-refractivity contribution in [3.63, 3.8) is 0 Å². The fourth-order valence-electron chi connectivity index (χ4n) is 1.31. The SMILES string of the molecule is CCC(CCl)CCc1cc(Cl)nnc1Cl. The lowest BCUT2D eigenvalue weighted by Crippen LogP contribution is -2.03. The monoisotopic (exact) mass is 266 g/mol. The van der Waals surface area contributed by atoms with Gasteiger partial charge in [-0.05, 0) is 30.4 Å². The summed E-state index contributed by atoms with van der Waals surface area (Å²) in [5.41, 5.74) is 0.945. The summed E-state index contributed by atoms with van der Waals surface area (Å²) in [6.07, 6.45) is 2.93. The summed E-state index contributed by atoms with van der Waals surface area (Å²) in [4.78, 5) is 0. The maximum Gasteiger partial charge on any atom is 0.155 e. The molecule has 0 N–H and O–H groups in total. The van der Waals surface area contributed by atoms with Crippen molar-refractivity contribution in [3.05, 3.63) is 21.9 Å². The van der Waals surface area contributed by atoms with Gasteiger partial charge < -0.3 is 0 Å². The Morgan fingerprint density at radius 1 is 1.33 bits per heavy atom. The van der Waals surface area contributed by atoms with Crippen LogP contribution >= 0.6 is 34.8 Å². The van der Waals surface area contributed by atoms with Gasteiger partial charge in [0.05, 0.1) is 0 Å². The molecule has 1 heterocycles. The lowest BCUT2D eigenvalue weighted by atomic mass is 10.00. The zero-order chi connectivity index (χ0) is 11.3. The molecule has 0 amide bonds. The van der Waals surface area contributed by atoms with E-state index in [0.717, 1.165) is 24.8 Å². The molecule has 0 saturated carbocycles. The largest absolute Gasteiger partial charge is 0.155 e. The van der Waals surface area contributed by atoms with Gasteiger partial charge in [0.1, 0.15) is 0 Å². The Bertz CT molecular complexity index is 314. The molecule has 0 aliphatic heterocycles. The minimum atomic E-state index is 0.383. The minimum Gasteiger partial charge on any atom is -0.137 e. The van der Waals surface area contributed by atoms with Crippen LogP contribution in [0.1, 0.15) is 25.3 Å². The van der Waals surface area contributed by atoms with Gasteiger partial charge in [-0.3, -0.25) is 0 Å². The van der Waals surface area contributed by atoms with Crippen LogP contribution < -0.4 is 0 Å². The average Bonchev–Trinajstić information content (AvgIpc) is 2.24. The molecule has 0 aliphatic rings. The molecule has 0 saturated heterocycles. The molecule has 0 fully saturated rings. The first-order valence-electron chi connectivity index (χ1n) is 4.91. The minimum absolute atomic E-state index is 0.383. The van der Waals surface area contributed by atoms with Crippen molar-refractivity contribution in [2.24, 2.45) is 5.92 Å². The van der Waals surface area contributed by atoms with Crippen molar-refractivity contribution in [1.82, 2.24) is 10.2 Å². The summed E-state index contributed by atoms with van der Waals surface area (Å²) in [5.74, 6) is 1.20. The summed E-state index contributed by atoms with van der Waals surface area (Å²) in [6, 6.07) is 1.76. The number of hydrogen-bond acceptors (Lipinski definition) is 2. The molecule has 0 aliphatic carbocycles. The number of alkyl halides is 1. The Morgan fingerprint density at radius 3 is 2.67 bits per heavy atom. The standard InChI is InChI=1S/C10H13Cl3N2/c1-2-7(6-11)3-4-8-5-9(12)14-15-10(8)13/h5,7H,2-4,6H2,1H3. The highest BCUT2D eigenvalue weighted by atomic mass is 35.5. The van der Waals surface area contributed by atoms with Gasteiger partial charge in [-0.1, -0.05) is 36.5 Å². The summed E-state index contributed by atoms with van der Waals surface area (Å²) in [5, 5.41) is 8.24. The molecule has 1 aromatic rings. The molecule has 2 nitrogen and oxygen atoms in total. The number of aryl methyl sites for hydroxylation is 1. The van der Waals surface area contributed by atoms with Gasteiger partial charge in [0.2, 0.25) is 0 Å². The normalized spacial score (nSPS) is 12.8. The average molecular weight is 268 g/mol. The van der Waals surface area contributed by atoms with Crippen molar-refractivity contribution in [3.8, 4) is 0 Å². The van der Waals surface area contributed by atoms with Crippen LogP contribution in [0.15, 0.2) is 6.07 Å². The van der Waals surface area contributed by atoms with Crippen molar-refractivity contribution < 1.29 is 0 Å². The summed E-state index contributed by atoms with van der Waals surface area (Å²) in [7, 11) is 0. The maximum absolute atomic E-state index is 5.90. The van der Waals surface area contributed by atoms with Crippen LogP contribution in [0.25, 0.3) is 0 Å². The molecule has 0 aromatic carbocycles. The Hall–Kier alpha value is -0.0500. The topological polar surface area (TPSA) is 25.8 Å².